The minimum atomic E-state index is 0.431. The van der Waals surface area contributed by atoms with Crippen molar-refractivity contribution in [2.75, 3.05) is 6.54 Å². The Morgan fingerprint density at radius 3 is 2.11 bits per heavy atom. The standard InChI is InChI=1S/C8H17N/c1-6(2)8(4)7(3)5-9-8/h6-7,9H,5H2,1-4H3. The lowest BCUT2D eigenvalue weighted by Crippen LogP contribution is -2.64. The van der Waals surface area contributed by atoms with Crippen molar-refractivity contribution in [2.45, 2.75) is 33.2 Å². The summed E-state index contributed by atoms with van der Waals surface area (Å²) < 4.78 is 0. The summed E-state index contributed by atoms with van der Waals surface area (Å²) in [4.78, 5) is 0. The second kappa shape index (κ2) is 1.98. The van der Waals surface area contributed by atoms with E-state index in [1.165, 1.54) is 6.54 Å². The molecule has 0 aromatic rings. The third kappa shape index (κ3) is 0.877. The van der Waals surface area contributed by atoms with Gasteiger partial charge in [-0.05, 0) is 25.3 Å². The van der Waals surface area contributed by atoms with E-state index in [2.05, 4.69) is 33.0 Å². The Bertz CT molecular complexity index is 102. The lowest BCUT2D eigenvalue weighted by Gasteiger charge is -2.50. The smallest absolute Gasteiger partial charge is 0.0213 e. The molecule has 2 atom stereocenters. The second-order valence-electron chi connectivity index (χ2n) is 3.72. The highest BCUT2D eigenvalue weighted by Crippen LogP contribution is 2.32. The highest BCUT2D eigenvalue weighted by Gasteiger charge is 2.41. The Balaban J connectivity index is 2.53. The molecule has 1 aliphatic heterocycles. The number of hydrogen-bond donors (Lipinski definition) is 1. The minimum Gasteiger partial charge on any atom is -0.311 e. The van der Waals surface area contributed by atoms with Gasteiger partial charge in [-0.15, -0.1) is 0 Å². The van der Waals surface area contributed by atoms with Crippen LogP contribution in [0.1, 0.15) is 27.7 Å². The van der Waals surface area contributed by atoms with Gasteiger partial charge >= 0.3 is 0 Å². The van der Waals surface area contributed by atoms with Crippen LogP contribution in [0.3, 0.4) is 0 Å². The van der Waals surface area contributed by atoms with E-state index < -0.39 is 0 Å². The Hall–Kier alpha value is -0.0400. The van der Waals surface area contributed by atoms with Gasteiger partial charge in [0.25, 0.3) is 0 Å². The van der Waals surface area contributed by atoms with E-state index >= 15 is 0 Å². The van der Waals surface area contributed by atoms with E-state index in [1.807, 2.05) is 0 Å². The first-order valence-corrected chi connectivity index (χ1v) is 3.82. The summed E-state index contributed by atoms with van der Waals surface area (Å²) in [5.74, 6) is 1.62. The van der Waals surface area contributed by atoms with E-state index in [0.29, 0.717) is 5.54 Å². The van der Waals surface area contributed by atoms with Gasteiger partial charge in [0.05, 0.1) is 0 Å². The molecule has 1 aliphatic rings. The summed E-state index contributed by atoms with van der Waals surface area (Å²) in [7, 11) is 0. The van der Waals surface area contributed by atoms with Crippen LogP contribution in [0.25, 0.3) is 0 Å². The molecule has 9 heavy (non-hydrogen) atoms. The molecule has 1 rings (SSSR count). The molecule has 1 fully saturated rings. The summed E-state index contributed by atoms with van der Waals surface area (Å²) in [6.07, 6.45) is 0. The van der Waals surface area contributed by atoms with Crippen molar-refractivity contribution in [3.05, 3.63) is 0 Å². The molecule has 0 amide bonds. The molecule has 0 saturated carbocycles. The molecular formula is C8H17N. The second-order valence-corrected chi connectivity index (χ2v) is 3.72. The summed E-state index contributed by atoms with van der Waals surface area (Å²) in [6.45, 7) is 10.4. The monoisotopic (exact) mass is 127 g/mol. The Kier molecular flexibility index (Phi) is 1.55. The van der Waals surface area contributed by atoms with Crippen LogP contribution in [-0.2, 0) is 0 Å². The summed E-state index contributed by atoms with van der Waals surface area (Å²) >= 11 is 0. The normalized spacial score (nSPS) is 43.0. The SMILES string of the molecule is CC(C)C1(C)NCC1C. The topological polar surface area (TPSA) is 12.0 Å². The number of rotatable bonds is 1. The molecule has 0 spiro atoms. The first kappa shape index (κ1) is 7.07. The van der Waals surface area contributed by atoms with Gasteiger partial charge in [-0.25, -0.2) is 0 Å². The molecule has 1 heteroatoms. The molecular weight excluding hydrogens is 110 g/mol. The van der Waals surface area contributed by atoms with E-state index in [9.17, 15) is 0 Å². The van der Waals surface area contributed by atoms with Crippen LogP contribution in [-0.4, -0.2) is 12.1 Å². The maximum Gasteiger partial charge on any atom is 0.0213 e. The molecule has 0 bridgehead atoms. The van der Waals surface area contributed by atoms with Crippen molar-refractivity contribution in [1.29, 1.82) is 0 Å². The van der Waals surface area contributed by atoms with Gasteiger partial charge in [0.15, 0.2) is 0 Å². The van der Waals surface area contributed by atoms with Gasteiger partial charge in [0.2, 0.25) is 0 Å². The lowest BCUT2D eigenvalue weighted by atomic mass is 9.72. The van der Waals surface area contributed by atoms with Crippen LogP contribution in [0.5, 0.6) is 0 Å². The maximum atomic E-state index is 3.47. The molecule has 1 nitrogen and oxygen atoms in total. The molecule has 0 aromatic carbocycles. The summed E-state index contributed by atoms with van der Waals surface area (Å²) in [6, 6.07) is 0. The van der Waals surface area contributed by atoms with Crippen LogP contribution >= 0.6 is 0 Å². The van der Waals surface area contributed by atoms with Gasteiger partial charge in [-0.3, -0.25) is 0 Å². The van der Waals surface area contributed by atoms with Crippen molar-refractivity contribution in [3.8, 4) is 0 Å². The number of hydrogen-bond acceptors (Lipinski definition) is 1. The zero-order valence-corrected chi connectivity index (χ0v) is 6.86. The largest absolute Gasteiger partial charge is 0.311 e. The molecule has 1 heterocycles. The average molecular weight is 127 g/mol. The van der Waals surface area contributed by atoms with E-state index in [0.717, 1.165) is 11.8 Å². The Morgan fingerprint density at radius 1 is 1.56 bits per heavy atom. The van der Waals surface area contributed by atoms with Gasteiger partial charge in [-0.1, -0.05) is 20.8 Å². The molecule has 0 aromatic heterocycles. The summed E-state index contributed by atoms with van der Waals surface area (Å²) in [5.41, 5.74) is 0.431. The molecule has 0 aliphatic carbocycles. The third-order valence-electron chi connectivity index (χ3n) is 3.01. The first-order chi connectivity index (χ1) is 4.07. The molecule has 54 valence electrons. The van der Waals surface area contributed by atoms with E-state index in [-0.39, 0.29) is 0 Å². The maximum absolute atomic E-state index is 3.47. The van der Waals surface area contributed by atoms with Crippen molar-refractivity contribution in [3.63, 3.8) is 0 Å². The fourth-order valence-corrected chi connectivity index (χ4v) is 1.40. The first-order valence-electron chi connectivity index (χ1n) is 3.82. The van der Waals surface area contributed by atoms with Crippen LogP contribution in [0, 0.1) is 11.8 Å². The Labute approximate surface area is 57.8 Å². The van der Waals surface area contributed by atoms with Gasteiger partial charge in [-0.2, -0.15) is 0 Å². The van der Waals surface area contributed by atoms with Gasteiger partial charge in [0, 0.05) is 5.54 Å². The highest BCUT2D eigenvalue weighted by molar-refractivity contribution is 5.00. The zero-order chi connectivity index (χ0) is 7.07. The highest BCUT2D eigenvalue weighted by atomic mass is 15.1. The predicted octanol–water partition coefficient (Wildman–Crippen LogP) is 1.64. The zero-order valence-electron chi connectivity index (χ0n) is 6.86. The van der Waals surface area contributed by atoms with Gasteiger partial charge < -0.3 is 5.32 Å². The summed E-state index contributed by atoms with van der Waals surface area (Å²) in [5, 5.41) is 3.47. The van der Waals surface area contributed by atoms with Crippen LogP contribution < -0.4 is 5.32 Å². The predicted molar refractivity (Wildman–Crippen MR) is 40.4 cm³/mol. The van der Waals surface area contributed by atoms with Crippen molar-refractivity contribution >= 4 is 0 Å². The lowest BCUT2D eigenvalue weighted by molar-refractivity contribution is 0.0824. The molecule has 2 unspecified atom stereocenters. The number of nitrogens with one attached hydrogen (secondary N) is 1. The van der Waals surface area contributed by atoms with Crippen LogP contribution in [0.2, 0.25) is 0 Å². The van der Waals surface area contributed by atoms with Crippen molar-refractivity contribution in [1.82, 2.24) is 5.32 Å². The molecule has 1 N–H and O–H groups in total. The molecule has 0 radical (unpaired) electrons. The van der Waals surface area contributed by atoms with Crippen molar-refractivity contribution in [2.24, 2.45) is 11.8 Å². The molecule has 1 saturated heterocycles. The fraction of sp³-hybridized carbons (Fsp3) is 1.00. The van der Waals surface area contributed by atoms with E-state index in [1.54, 1.807) is 0 Å². The van der Waals surface area contributed by atoms with Crippen LogP contribution in [0.4, 0.5) is 0 Å². The van der Waals surface area contributed by atoms with Gasteiger partial charge in [0.1, 0.15) is 0 Å². The quantitative estimate of drug-likeness (QED) is 0.564. The van der Waals surface area contributed by atoms with E-state index in [4.69, 9.17) is 0 Å². The van der Waals surface area contributed by atoms with Crippen molar-refractivity contribution < 1.29 is 0 Å². The Morgan fingerprint density at radius 2 is 2.11 bits per heavy atom. The third-order valence-corrected chi connectivity index (χ3v) is 3.01. The minimum absolute atomic E-state index is 0.431. The van der Waals surface area contributed by atoms with Crippen LogP contribution in [0.15, 0.2) is 0 Å². The average Bonchev–Trinajstić information content (AvgIpc) is 1.82. The fourth-order valence-electron chi connectivity index (χ4n) is 1.40.